The van der Waals surface area contributed by atoms with Gasteiger partial charge in [0.05, 0.1) is 6.10 Å². The van der Waals surface area contributed by atoms with Crippen molar-refractivity contribution in [3.8, 4) is 0 Å². The van der Waals surface area contributed by atoms with Crippen molar-refractivity contribution in [1.29, 1.82) is 0 Å². The Morgan fingerprint density at radius 1 is 1.10 bits per heavy atom. The third-order valence-electron chi connectivity index (χ3n) is 8.24. The van der Waals surface area contributed by atoms with Crippen molar-refractivity contribution < 1.29 is 5.11 Å². The highest BCUT2D eigenvalue weighted by atomic mass is 16.3. The van der Waals surface area contributed by atoms with Crippen LogP contribution in [0.1, 0.15) is 72.1 Å². The van der Waals surface area contributed by atoms with Crippen LogP contribution in [0.3, 0.4) is 0 Å². The Bertz CT molecular complexity index is 478. The second kappa shape index (κ2) is 4.16. The fourth-order valence-electron chi connectivity index (χ4n) is 7.89. The average molecular weight is 288 g/mol. The van der Waals surface area contributed by atoms with E-state index >= 15 is 0 Å². The summed E-state index contributed by atoms with van der Waals surface area (Å²) in [5.41, 5.74) is 2.56. The molecule has 0 unspecified atom stereocenters. The van der Waals surface area contributed by atoms with Crippen molar-refractivity contribution in [1.82, 2.24) is 0 Å². The minimum Gasteiger partial charge on any atom is -0.393 e. The molecule has 0 aromatic carbocycles. The standard InChI is InChI=1S/C20H32O/c1-13-10-20-11-14(13)6-7-16(20)19(4)9-5-8-18(2,3)17(19)15(21)12-20/h14-17,21H,1,5-12H2,2-4H3/t14-,15+,16+,17-,19+,20+/m0/s1. The summed E-state index contributed by atoms with van der Waals surface area (Å²) in [6.07, 6.45) is 10.2. The first-order valence-electron chi connectivity index (χ1n) is 9.14. The van der Waals surface area contributed by atoms with Gasteiger partial charge in [0.1, 0.15) is 0 Å². The molecule has 1 heteroatoms. The first-order chi connectivity index (χ1) is 9.79. The van der Waals surface area contributed by atoms with Gasteiger partial charge in [0.25, 0.3) is 0 Å². The van der Waals surface area contributed by atoms with Gasteiger partial charge in [-0.3, -0.25) is 0 Å². The van der Waals surface area contributed by atoms with E-state index in [0.29, 0.717) is 22.2 Å². The summed E-state index contributed by atoms with van der Waals surface area (Å²) >= 11 is 0. The molecule has 2 bridgehead atoms. The number of aliphatic hydroxyl groups is 1. The lowest BCUT2D eigenvalue weighted by Gasteiger charge is -2.65. The Kier molecular flexibility index (Phi) is 2.83. The van der Waals surface area contributed by atoms with Crippen LogP contribution in [0.4, 0.5) is 0 Å². The van der Waals surface area contributed by atoms with Crippen molar-refractivity contribution >= 4 is 0 Å². The zero-order chi connectivity index (χ0) is 15.0. The normalized spacial score (nSPS) is 55.0. The van der Waals surface area contributed by atoms with Crippen molar-refractivity contribution in [2.75, 3.05) is 0 Å². The minimum absolute atomic E-state index is 0.0915. The number of hydrogen-bond donors (Lipinski definition) is 1. The maximum Gasteiger partial charge on any atom is 0.0584 e. The van der Waals surface area contributed by atoms with Crippen molar-refractivity contribution in [2.45, 2.75) is 78.2 Å². The topological polar surface area (TPSA) is 20.2 Å². The molecule has 1 spiro atoms. The molecule has 118 valence electrons. The van der Waals surface area contributed by atoms with Crippen LogP contribution < -0.4 is 0 Å². The maximum absolute atomic E-state index is 11.1. The molecule has 4 aliphatic carbocycles. The van der Waals surface area contributed by atoms with Crippen LogP contribution in [0.5, 0.6) is 0 Å². The Morgan fingerprint density at radius 2 is 1.86 bits per heavy atom. The molecule has 6 atom stereocenters. The van der Waals surface area contributed by atoms with Crippen LogP contribution in [0.2, 0.25) is 0 Å². The molecule has 4 aliphatic rings. The van der Waals surface area contributed by atoms with Gasteiger partial charge in [0.2, 0.25) is 0 Å². The first-order valence-corrected chi connectivity index (χ1v) is 9.14. The number of allylic oxidation sites excluding steroid dienone is 1. The predicted octanol–water partition coefficient (Wildman–Crippen LogP) is 4.95. The maximum atomic E-state index is 11.1. The van der Waals surface area contributed by atoms with Gasteiger partial charge in [-0.25, -0.2) is 0 Å². The van der Waals surface area contributed by atoms with Gasteiger partial charge < -0.3 is 5.11 Å². The number of hydrogen-bond acceptors (Lipinski definition) is 1. The van der Waals surface area contributed by atoms with Crippen LogP contribution in [-0.4, -0.2) is 11.2 Å². The van der Waals surface area contributed by atoms with E-state index in [-0.39, 0.29) is 6.10 Å². The molecule has 4 saturated carbocycles. The molecule has 0 radical (unpaired) electrons. The van der Waals surface area contributed by atoms with E-state index in [9.17, 15) is 5.11 Å². The van der Waals surface area contributed by atoms with Gasteiger partial charge in [-0.1, -0.05) is 39.3 Å². The summed E-state index contributed by atoms with van der Waals surface area (Å²) in [5.74, 6) is 2.10. The summed E-state index contributed by atoms with van der Waals surface area (Å²) < 4.78 is 0. The molecule has 1 N–H and O–H groups in total. The third kappa shape index (κ3) is 1.73. The molecular formula is C20H32O. The second-order valence-electron chi connectivity index (χ2n) is 9.83. The van der Waals surface area contributed by atoms with E-state index in [1.165, 1.54) is 50.5 Å². The molecule has 0 heterocycles. The largest absolute Gasteiger partial charge is 0.393 e. The Hall–Kier alpha value is -0.300. The lowest BCUT2D eigenvalue weighted by atomic mass is 9.40. The van der Waals surface area contributed by atoms with Crippen LogP contribution in [0.15, 0.2) is 12.2 Å². The summed E-state index contributed by atoms with van der Waals surface area (Å²) in [5, 5.41) is 11.1. The quantitative estimate of drug-likeness (QED) is 0.626. The molecule has 21 heavy (non-hydrogen) atoms. The predicted molar refractivity (Wildman–Crippen MR) is 86.9 cm³/mol. The van der Waals surface area contributed by atoms with Crippen molar-refractivity contribution in [3.63, 3.8) is 0 Å². The fourth-order valence-corrected chi connectivity index (χ4v) is 7.89. The summed E-state index contributed by atoms with van der Waals surface area (Å²) in [6, 6.07) is 0. The Morgan fingerprint density at radius 3 is 2.62 bits per heavy atom. The Balaban J connectivity index is 1.79. The monoisotopic (exact) mass is 288 g/mol. The summed E-state index contributed by atoms with van der Waals surface area (Å²) in [4.78, 5) is 0. The molecule has 4 rings (SSSR count). The van der Waals surface area contributed by atoms with E-state index in [2.05, 4.69) is 27.4 Å². The van der Waals surface area contributed by atoms with E-state index in [1.54, 1.807) is 0 Å². The van der Waals surface area contributed by atoms with Crippen molar-refractivity contribution in [3.05, 3.63) is 12.2 Å². The minimum atomic E-state index is -0.0915. The van der Waals surface area contributed by atoms with Crippen LogP contribution in [-0.2, 0) is 0 Å². The van der Waals surface area contributed by atoms with Crippen molar-refractivity contribution in [2.24, 2.45) is 34.0 Å². The molecule has 0 amide bonds. The van der Waals surface area contributed by atoms with Gasteiger partial charge in [0, 0.05) is 0 Å². The van der Waals surface area contributed by atoms with Gasteiger partial charge in [0.15, 0.2) is 0 Å². The summed E-state index contributed by atoms with van der Waals surface area (Å²) in [6.45, 7) is 11.7. The van der Waals surface area contributed by atoms with Gasteiger partial charge in [-0.05, 0) is 78.9 Å². The van der Waals surface area contributed by atoms with Crippen LogP contribution >= 0.6 is 0 Å². The lowest BCUT2D eigenvalue weighted by molar-refractivity contribution is -0.197. The highest BCUT2D eigenvalue weighted by Crippen LogP contribution is 2.71. The summed E-state index contributed by atoms with van der Waals surface area (Å²) in [7, 11) is 0. The first kappa shape index (κ1) is 14.3. The van der Waals surface area contributed by atoms with Gasteiger partial charge >= 0.3 is 0 Å². The smallest absolute Gasteiger partial charge is 0.0584 e. The average Bonchev–Trinajstić information content (AvgIpc) is 2.57. The SMILES string of the molecule is C=C1C[C@]23C[C@@H]1CC[C@@H]2[C@@]1(C)CCCC(C)(C)[C@@H]1[C@H](O)C3. The van der Waals surface area contributed by atoms with E-state index in [0.717, 1.165) is 18.3 Å². The number of fused-ring (bicyclic) bond motifs is 3. The number of aliphatic hydroxyl groups excluding tert-OH is 1. The van der Waals surface area contributed by atoms with Crippen LogP contribution in [0.25, 0.3) is 0 Å². The molecule has 1 nitrogen and oxygen atoms in total. The molecule has 0 saturated heterocycles. The van der Waals surface area contributed by atoms with E-state index in [1.807, 2.05) is 0 Å². The molecule has 0 aromatic heterocycles. The van der Waals surface area contributed by atoms with Crippen LogP contribution in [0, 0.1) is 34.0 Å². The van der Waals surface area contributed by atoms with Gasteiger partial charge in [-0.15, -0.1) is 0 Å². The highest BCUT2D eigenvalue weighted by molar-refractivity contribution is 5.23. The lowest BCUT2D eigenvalue weighted by Crippen LogP contribution is -2.61. The van der Waals surface area contributed by atoms with Gasteiger partial charge in [-0.2, -0.15) is 0 Å². The number of rotatable bonds is 0. The molecule has 4 fully saturated rings. The molecule has 0 aromatic rings. The zero-order valence-corrected chi connectivity index (χ0v) is 14.1. The highest BCUT2D eigenvalue weighted by Gasteiger charge is 2.65. The Labute approximate surface area is 130 Å². The second-order valence-corrected chi connectivity index (χ2v) is 9.83. The third-order valence-corrected chi connectivity index (χ3v) is 8.24. The molecular weight excluding hydrogens is 256 g/mol. The zero-order valence-electron chi connectivity index (χ0n) is 14.1. The fraction of sp³-hybridized carbons (Fsp3) is 0.900. The van der Waals surface area contributed by atoms with E-state index in [4.69, 9.17) is 0 Å². The van der Waals surface area contributed by atoms with E-state index < -0.39 is 0 Å². The molecule has 0 aliphatic heterocycles.